The lowest BCUT2D eigenvalue weighted by Crippen LogP contribution is -2.21. The smallest absolute Gasteiger partial charge is 0.332 e. The van der Waals surface area contributed by atoms with Gasteiger partial charge in [-0.15, -0.1) is 0 Å². The SMILES string of the molecule is FC(F)(F)c1ccccc1NC(=S)Nc1ccc(Cl)c(Cl)c1. The maximum absolute atomic E-state index is 12.9. The Morgan fingerprint density at radius 2 is 1.64 bits per heavy atom. The molecule has 0 unspecified atom stereocenters. The van der Waals surface area contributed by atoms with E-state index in [0.29, 0.717) is 15.7 Å². The number of para-hydroxylation sites is 1. The first-order valence-electron chi connectivity index (χ1n) is 5.96. The molecule has 8 heteroatoms. The van der Waals surface area contributed by atoms with E-state index in [1.807, 2.05) is 0 Å². The molecule has 116 valence electrons. The van der Waals surface area contributed by atoms with Gasteiger partial charge < -0.3 is 10.6 Å². The average Bonchev–Trinajstić information content (AvgIpc) is 2.42. The van der Waals surface area contributed by atoms with Gasteiger partial charge in [0.15, 0.2) is 5.11 Å². The predicted molar refractivity (Wildman–Crippen MR) is 87.7 cm³/mol. The summed E-state index contributed by atoms with van der Waals surface area (Å²) in [6.45, 7) is 0. The molecule has 0 saturated heterocycles. The largest absolute Gasteiger partial charge is 0.418 e. The highest BCUT2D eigenvalue weighted by atomic mass is 35.5. The van der Waals surface area contributed by atoms with E-state index in [4.69, 9.17) is 35.4 Å². The Morgan fingerprint density at radius 3 is 2.27 bits per heavy atom. The van der Waals surface area contributed by atoms with Crippen molar-refractivity contribution in [1.82, 2.24) is 0 Å². The number of anilines is 2. The molecule has 0 atom stereocenters. The molecular formula is C14H9Cl2F3N2S. The van der Waals surface area contributed by atoms with Crippen LogP contribution in [-0.2, 0) is 6.18 Å². The first kappa shape index (κ1) is 16.9. The van der Waals surface area contributed by atoms with Crippen LogP contribution in [0.2, 0.25) is 10.0 Å². The lowest BCUT2D eigenvalue weighted by atomic mass is 10.1. The average molecular weight is 365 g/mol. The molecule has 2 nitrogen and oxygen atoms in total. The molecular weight excluding hydrogens is 356 g/mol. The van der Waals surface area contributed by atoms with Crippen molar-refractivity contribution in [3.63, 3.8) is 0 Å². The molecule has 0 saturated carbocycles. The van der Waals surface area contributed by atoms with E-state index in [9.17, 15) is 13.2 Å². The van der Waals surface area contributed by atoms with Crippen LogP contribution in [0.5, 0.6) is 0 Å². The fourth-order valence-corrected chi connectivity index (χ4v) is 2.22. The van der Waals surface area contributed by atoms with Gasteiger partial charge in [0, 0.05) is 5.69 Å². The van der Waals surface area contributed by atoms with E-state index in [-0.39, 0.29) is 10.8 Å². The molecule has 0 aromatic heterocycles. The van der Waals surface area contributed by atoms with Gasteiger partial charge in [0.25, 0.3) is 0 Å². The summed E-state index contributed by atoms with van der Waals surface area (Å²) in [5.41, 5.74) is -0.419. The standard InChI is InChI=1S/C14H9Cl2F3N2S/c15-10-6-5-8(7-11(10)16)20-13(22)21-12-4-2-1-3-9(12)14(17,18)19/h1-7H,(H2,20,21,22). The van der Waals surface area contributed by atoms with Crippen molar-refractivity contribution in [2.45, 2.75) is 6.18 Å². The van der Waals surface area contributed by atoms with Gasteiger partial charge in [-0.2, -0.15) is 13.2 Å². The van der Waals surface area contributed by atoms with Crippen molar-refractivity contribution in [2.75, 3.05) is 10.6 Å². The Morgan fingerprint density at radius 1 is 0.955 bits per heavy atom. The zero-order chi connectivity index (χ0) is 16.3. The topological polar surface area (TPSA) is 24.1 Å². The molecule has 0 bridgehead atoms. The maximum Gasteiger partial charge on any atom is 0.418 e. The van der Waals surface area contributed by atoms with Crippen LogP contribution in [0, 0.1) is 0 Å². The summed E-state index contributed by atoms with van der Waals surface area (Å²) in [5, 5.41) is 5.96. The highest BCUT2D eigenvalue weighted by Crippen LogP contribution is 2.34. The van der Waals surface area contributed by atoms with Crippen LogP contribution in [-0.4, -0.2) is 5.11 Å². The van der Waals surface area contributed by atoms with E-state index in [1.54, 1.807) is 12.1 Å². The van der Waals surface area contributed by atoms with Crippen molar-refractivity contribution in [1.29, 1.82) is 0 Å². The number of hydrogen-bond acceptors (Lipinski definition) is 1. The van der Waals surface area contributed by atoms with E-state index < -0.39 is 11.7 Å². The van der Waals surface area contributed by atoms with Gasteiger partial charge in [0.2, 0.25) is 0 Å². The predicted octanol–water partition coefficient (Wildman–Crippen LogP) is 5.82. The van der Waals surface area contributed by atoms with Gasteiger partial charge in [0.1, 0.15) is 0 Å². The lowest BCUT2D eigenvalue weighted by molar-refractivity contribution is -0.136. The fourth-order valence-electron chi connectivity index (χ4n) is 1.70. The van der Waals surface area contributed by atoms with Gasteiger partial charge in [-0.1, -0.05) is 35.3 Å². The van der Waals surface area contributed by atoms with Gasteiger partial charge >= 0.3 is 6.18 Å². The molecule has 22 heavy (non-hydrogen) atoms. The number of nitrogens with one attached hydrogen (secondary N) is 2. The number of rotatable bonds is 2. The van der Waals surface area contributed by atoms with Crippen molar-refractivity contribution in [2.24, 2.45) is 0 Å². The number of hydrogen-bond donors (Lipinski definition) is 2. The Hall–Kier alpha value is -1.50. The zero-order valence-corrected chi connectivity index (χ0v) is 13.2. The van der Waals surface area contributed by atoms with Gasteiger partial charge in [-0.3, -0.25) is 0 Å². The molecule has 2 N–H and O–H groups in total. The summed E-state index contributed by atoms with van der Waals surface area (Å²) in [5.74, 6) is 0. The molecule has 0 fully saturated rings. The van der Waals surface area contributed by atoms with Crippen molar-refractivity contribution >= 4 is 51.9 Å². The summed E-state index contributed by atoms with van der Waals surface area (Å²) >= 11 is 16.7. The third kappa shape index (κ3) is 4.25. The molecule has 0 heterocycles. The molecule has 2 aromatic rings. The molecule has 0 radical (unpaired) electrons. The Kier molecular flexibility index (Phi) is 5.16. The van der Waals surface area contributed by atoms with Crippen LogP contribution >= 0.6 is 35.4 Å². The fraction of sp³-hybridized carbons (Fsp3) is 0.0714. The monoisotopic (exact) mass is 364 g/mol. The second-order valence-electron chi connectivity index (χ2n) is 4.25. The van der Waals surface area contributed by atoms with Crippen LogP contribution in [0.15, 0.2) is 42.5 Å². The van der Waals surface area contributed by atoms with E-state index in [2.05, 4.69) is 10.6 Å². The highest BCUT2D eigenvalue weighted by Gasteiger charge is 2.33. The van der Waals surface area contributed by atoms with E-state index >= 15 is 0 Å². The van der Waals surface area contributed by atoms with Gasteiger partial charge in [0.05, 0.1) is 21.3 Å². The maximum atomic E-state index is 12.9. The number of halogens is 5. The van der Waals surface area contributed by atoms with Crippen LogP contribution < -0.4 is 10.6 Å². The van der Waals surface area contributed by atoms with Crippen molar-refractivity contribution < 1.29 is 13.2 Å². The number of alkyl halides is 3. The van der Waals surface area contributed by atoms with E-state index in [0.717, 1.165) is 6.07 Å². The summed E-state index contributed by atoms with van der Waals surface area (Å²) < 4.78 is 38.7. The molecule has 2 aromatic carbocycles. The second kappa shape index (κ2) is 6.73. The first-order valence-corrected chi connectivity index (χ1v) is 7.13. The number of benzene rings is 2. The summed E-state index contributed by atoms with van der Waals surface area (Å²) in [6, 6.07) is 9.75. The molecule has 0 aliphatic heterocycles. The zero-order valence-electron chi connectivity index (χ0n) is 10.8. The van der Waals surface area contributed by atoms with Gasteiger partial charge in [-0.05, 0) is 42.5 Å². The first-order chi connectivity index (χ1) is 10.3. The van der Waals surface area contributed by atoms with Crippen molar-refractivity contribution in [3.8, 4) is 0 Å². The Labute approximate surface area is 140 Å². The molecule has 0 spiro atoms. The number of thiocarbonyl (C=S) groups is 1. The third-order valence-electron chi connectivity index (χ3n) is 2.66. The Bertz CT molecular complexity index is 705. The Balaban J connectivity index is 2.14. The van der Waals surface area contributed by atoms with Crippen LogP contribution in [0.3, 0.4) is 0 Å². The van der Waals surface area contributed by atoms with Crippen LogP contribution in [0.25, 0.3) is 0 Å². The minimum atomic E-state index is -4.47. The highest BCUT2D eigenvalue weighted by molar-refractivity contribution is 7.80. The molecule has 0 amide bonds. The lowest BCUT2D eigenvalue weighted by Gasteiger charge is -2.16. The molecule has 2 rings (SSSR count). The summed E-state index contributed by atoms with van der Waals surface area (Å²) in [7, 11) is 0. The van der Waals surface area contributed by atoms with Gasteiger partial charge in [-0.25, -0.2) is 0 Å². The normalized spacial score (nSPS) is 11.1. The van der Waals surface area contributed by atoms with E-state index in [1.165, 1.54) is 24.3 Å². The minimum absolute atomic E-state index is 0.00934. The third-order valence-corrected chi connectivity index (χ3v) is 3.60. The summed E-state index contributed by atoms with van der Waals surface area (Å²) in [4.78, 5) is 0. The van der Waals surface area contributed by atoms with Crippen molar-refractivity contribution in [3.05, 3.63) is 58.1 Å². The summed E-state index contributed by atoms with van der Waals surface area (Å²) in [6.07, 6.45) is -4.47. The van der Waals surface area contributed by atoms with Crippen LogP contribution in [0.1, 0.15) is 5.56 Å². The molecule has 0 aliphatic carbocycles. The second-order valence-corrected chi connectivity index (χ2v) is 5.47. The quantitative estimate of drug-likeness (QED) is 0.656. The minimum Gasteiger partial charge on any atom is -0.332 e. The molecule has 0 aliphatic rings. The van der Waals surface area contributed by atoms with Crippen LogP contribution in [0.4, 0.5) is 24.5 Å².